The van der Waals surface area contributed by atoms with E-state index in [0.29, 0.717) is 33.3 Å². The zero-order valence-corrected chi connectivity index (χ0v) is 18.9. The number of halogens is 1. The lowest BCUT2D eigenvalue weighted by atomic mass is 10.0. The third-order valence-corrected chi connectivity index (χ3v) is 7.23. The zero-order valence-electron chi connectivity index (χ0n) is 18.1. The molecule has 0 spiro atoms. The lowest BCUT2D eigenvalue weighted by Crippen LogP contribution is -2.12. The normalized spacial score (nSPS) is 11.6. The Labute approximate surface area is 190 Å². The summed E-state index contributed by atoms with van der Waals surface area (Å²) in [6.07, 6.45) is 1.52. The van der Waals surface area contributed by atoms with E-state index < -0.39 is 16.0 Å². The lowest BCUT2D eigenvalue weighted by Gasteiger charge is -2.11. The maximum Gasteiger partial charge on any atom is 0.303 e. The summed E-state index contributed by atoms with van der Waals surface area (Å²) in [5, 5.41) is 9.71. The van der Waals surface area contributed by atoms with Crippen LogP contribution < -0.4 is 4.74 Å². The van der Waals surface area contributed by atoms with Crippen LogP contribution in [0, 0.1) is 12.7 Å². The number of hydrogen-bond acceptors (Lipinski definition) is 4. The third-order valence-electron chi connectivity index (χ3n) is 5.56. The highest BCUT2D eigenvalue weighted by Crippen LogP contribution is 2.32. The monoisotopic (exact) mass is 467 g/mol. The van der Waals surface area contributed by atoms with Crippen LogP contribution in [-0.4, -0.2) is 30.6 Å². The number of hydrogen-bond donors (Lipinski definition) is 1. The van der Waals surface area contributed by atoms with Crippen LogP contribution in [0.2, 0.25) is 0 Å². The van der Waals surface area contributed by atoms with Crippen molar-refractivity contribution in [2.45, 2.75) is 24.7 Å². The van der Waals surface area contributed by atoms with E-state index in [0.717, 1.165) is 5.56 Å². The maximum atomic E-state index is 13.6. The van der Waals surface area contributed by atoms with Gasteiger partial charge in [-0.2, -0.15) is 0 Å². The lowest BCUT2D eigenvalue weighted by molar-refractivity contribution is -0.136. The van der Waals surface area contributed by atoms with E-state index in [1.165, 1.54) is 35.5 Å². The number of aliphatic carboxylic acids is 1. The molecule has 3 aromatic carbocycles. The standard InChI is InChI=1S/C25H22FNO5S/c1-16-12-19(26)7-9-22(16)17-4-3-5-21(13-17)33(30,31)27-15-18(6-11-25(28)29)23-14-20(32-2)8-10-24(23)27/h3-5,7-10,12-15H,6,11H2,1-2H3,(H,28,29). The summed E-state index contributed by atoms with van der Waals surface area (Å²) in [6.45, 7) is 1.77. The van der Waals surface area contributed by atoms with Crippen molar-refractivity contribution in [1.82, 2.24) is 3.97 Å². The Kier molecular flexibility index (Phi) is 5.95. The molecule has 1 aromatic heterocycles. The van der Waals surface area contributed by atoms with Gasteiger partial charge in [0.1, 0.15) is 11.6 Å². The second kappa shape index (κ2) is 8.71. The second-order valence-corrected chi connectivity index (χ2v) is 9.53. The minimum Gasteiger partial charge on any atom is -0.497 e. The summed E-state index contributed by atoms with van der Waals surface area (Å²) >= 11 is 0. The quantitative estimate of drug-likeness (QED) is 0.413. The number of benzene rings is 3. The van der Waals surface area contributed by atoms with Crippen LogP contribution in [0.1, 0.15) is 17.5 Å². The Hall–Kier alpha value is -3.65. The largest absolute Gasteiger partial charge is 0.497 e. The van der Waals surface area contributed by atoms with Crippen LogP contribution in [0.3, 0.4) is 0 Å². The van der Waals surface area contributed by atoms with E-state index in [1.54, 1.807) is 49.4 Å². The third kappa shape index (κ3) is 4.34. The van der Waals surface area contributed by atoms with Gasteiger partial charge in [-0.25, -0.2) is 16.8 Å². The molecular formula is C25H22FNO5S. The van der Waals surface area contributed by atoms with Crippen LogP contribution in [-0.2, 0) is 21.2 Å². The van der Waals surface area contributed by atoms with Gasteiger partial charge in [0, 0.05) is 18.0 Å². The highest BCUT2D eigenvalue weighted by atomic mass is 32.2. The molecule has 0 saturated heterocycles. The molecule has 4 aromatic rings. The summed E-state index contributed by atoms with van der Waals surface area (Å²) in [5.41, 5.74) is 3.11. The molecule has 0 radical (unpaired) electrons. The molecule has 0 amide bonds. The van der Waals surface area contributed by atoms with Crippen molar-refractivity contribution >= 4 is 26.9 Å². The van der Waals surface area contributed by atoms with E-state index in [1.807, 2.05) is 0 Å². The fourth-order valence-corrected chi connectivity index (χ4v) is 5.34. The number of rotatable bonds is 7. The van der Waals surface area contributed by atoms with Gasteiger partial charge in [0.15, 0.2) is 0 Å². The minimum absolute atomic E-state index is 0.0706. The number of ether oxygens (including phenoxy) is 1. The van der Waals surface area contributed by atoms with Crippen LogP contribution in [0.4, 0.5) is 4.39 Å². The molecule has 170 valence electrons. The molecule has 8 heteroatoms. The van der Waals surface area contributed by atoms with E-state index in [4.69, 9.17) is 9.84 Å². The summed E-state index contributed by atoms with van der Waals surface area (Å²) < 4.78 is 47.2. The van der Waals surface area contributed by atoms with Crippen molar-refractivity contribution in [3.8, 4) is 16.9 Å². The van der Waals surface area contributed by atoms with Gasteiger partial charge in [0.25, 0.3) is 10.0 Å². The van der Waals surface area contributed by atoms with Gasteiger partial charge in [0.05, 0.1) is 17.5 Å². The molecule has 4 rings (SSSR count). The molecule has 0 aliphatic rings. The number of nitrogens with zero attached hydrogens (tertiary/aromatic N) is 1. The van der Waals surface area contributed by atoms with E-state index in [2.05, 4.69) is 0 Å². The molecule has 0 aliphatic heterocycles. The predicted molar refractivity (Wildman–Crippen MR) is 124 cm³/mol. The Morgan fingerprint density at radius 1 is 1.09 bits per heavy atom. The van der Waals surface area contributed by atoms with Gasteiger partial charge in [-0.3, -0.25) is 4.79 Å². The summed E-state index contributed by atoms with van der Waals surface area (Å²) in [5.74, 6) is -0.782. The highest BCUT2D eigenvalue weighted by Gasteiger charge is 2.22. The molecule has 0 unspecified atom stereocenters. The average Bonchev–Trinajstić information content (AvgIpc) is 3.16. The molecule has 0 saturated carbocycles. The van der Waals surface area contributed by atoms with Crippen molar-refractivity contribution < 1.29 is 27.4 Å². The number of fused-ring (bicyclic) bond motifs is 1. The van der Waals surface area contributed by atoms with Gasteiger partial charge >= 0.3 is 5.97 Å². The van der Waals surface area contributed by atoms with Crippen LogP contribution in [0.5, 0.6) is 5.75 Å². The first kappa shape index (κ1) is 22.5. The molecule has 0 bridgehead atoms. The topological polar surface area (TPSA) is 85.6 Å². The molecule has 1 heterocycles. The Balaban J connectivity index is 1.85. The van der Waals surface area contributed by atoms with Crippen molar-refractivity contribution in [2.24, 2.45) is 0 Å². The van der Waals surface area contributed by atoms with Crippen molar-refractivity contribution in [3.05, 3.63) is 83.8 Å². The van der Waals surface area contributed by atoms with Crippen LogP contribution >= 0.6 is 0 Å². The molecule has 6 nitrogen and oxygen atoms in total. The fourth-order valence-electron chi connectivity index (χ4n) is 3.90. The van der Waals surface area contributed by atoms with Crippen LogP contribution in [0.25, 0.3) is 22.0 Å². The first-order valence-electron chi connectivity index (χ1n) is 10.2. The number of carbonyl (C=O) groups is 1. The zero-order chi connectivity index (χ0) is 23.8. The summed E-state index contributed by atoms with van der Waals surface area (Å²) in [6, 6.07) is 15.8. The fraction of sp³-hybridized carbons (Fsp3) is 0.160. The molecule has 33 heavy (non-hydrogen) atoms. The molecule has 1 N–H and O–H groups in total. The van der Waals surface area contributed by atoms with Crippen molar-refractivity contribution in [1.29, 1.82) is 0 Å². The number of carboxylic acid groups (broad SMARTS) is 1. The highest BCUT2D eigenvalue weighted by molar-refractivity contribution is 7.90. The number of aryl methyl sites for hydroxylation is 2. The molecule has 0 aliphatic carbocycles. The van der Waals surface area contributed by atoms with Crippen molar-refractivity contribution in [3.63, 3.8) is 0 Å². The van der Waals surface area contributed by atoms with E-state index >= 15 is 0 Å². The Morgan fingerprint density at radius 2 is 1.88 bits per heavy atom. The molecular weight excluding hydrogens is 445 g/mol. The Bertz CT molecular complexity index is 1470. The van der Waals surface area contributed by atoms with E-state index in [-0.39, 0.29) is 23.6 Å². The molecule has 0 atom stereocenters. The minimum atomic E-state index is -4.00. The van der Waals surface area contributed by atoms with Crippen molar-refractivity contribution in [2.75, 3.05) is 7.11 Å². The summed E-state index contributed by atoms with van der Waals surface area (Å²) in [4.78, 5) is 11.2. The van der Waals surface area contributed by atoms with E-state index in [9.17, 15) is 17.6 Å². The average molecular weight is 468 g/mol. The van der Waals surface area contributed by atoms with Crippen LogP contribution in [0.15, 0.2) is 71.8 Å². The van der Waals surface area contributed by atoms with Gasteiger partial charge in [-0.1, -0.05) is 18.2 Å². The van der Waals surface area contributed by atoms with Gasteiger partial charge in [0.2, 0.25) is 0 Å². The predicted octanol–water partition coefficient (Wildman–Crippen LogP) is 5.02. The first-order chi connectivity index (χ1) is 15.7. The van der Waals surface area contributed by atoms with Gasteiger partial charge < -0.3 is 9.84 Å². The smallest absolute Gasteiger partial charge is 0.303 e. The van der Waals surface area contributed by atoms with Gasteiger partial charge in [-0.15, -0.1) is 0 Å². The maximum absolute atomic E-state index is 13.6. The van der Waals surface area contributed by atoms with Gasteiger partial charge in [-0.05, 0) is 78.1 Å². The molecule has 0 fully saturated rings. The first-order valence-corrected chi connectivity index (χ1v) is 11.7. The number of methoxy groups -OCH3 is 1. The number of aromatic nitrogens is 1. The summed E-state index contributed by atoms with van der Waals surface area (Å²) in [7, 11) is -2.49. The number of carboxylic acids is 1. The Morgan fingerprint density at radius 3 is 2.58 bits per heavy atom. The SMILES string of the molecule is COc1ccc2c(c1)c(CCC(=O)O)cn2S(=O)(=O)c1cccc(-c2ccc(F)cc2C)c1. The second-order valence-electron chi connectivity index (χ2n) is 7.72.